The maximum atomic E-state index is 6.97. The molecule has 0 bridgehead atoms. The highest BCUT2D eigenvalue weighted by molar-refractivity contribution is 7.99. The number of methoxy groups -OCH3 is 2. The summed E-state index contributed by atoms with van der Waals surface area (Å²) in [6.07, 6.45) is 0. The Morgan fingerprint density at radius 2 is 1.83 bits per heavy atom. The van der Waals surface area contributed by atoms with Crippen LogP contribution in [0.15, 0.2) is 16.3 Å². The lowest BCUT2D eigenvalue weighted by molar-refractivity contribution is 0.364. The Hall–Kier alpha value is -1.37. The molecule has 0 aliphatic heterocycles. The van der Waals surface area contributed by atoms with E-state index in [2.05, 4.69) is 28.9 Å². The predicted octanol–water partition coefficient (Wildman–Crippen LogP) is 2.64. The van der Waals surface area contributed by atoms with Crippen molar-refractivity contribution in [2.75, 3.05) is 20.8 Å². The molecule has 0 fully saturated rings. The summed E-state index contributed by atoms with van der Waals surface area (Å²) in [7, 11) is 3.10. The molecule has 0 aromatic carbocycles. The molecular weight excluding hydrogens is 252 g/mol. The number of hydrogen-bond acceptors (Lipinski definition) is 7. The van der Waals surface area contributed by atoms with Gasteiger partial charge in [0, 0.05) is 5.25 Å². The van der Waals surface area contributed by atoms with Crippen LogP contribution in [0, 0.1) is 11.4 Å². The third-order valence-corrected chi connectivity index (χ3v) is 3.74. The average Bonchev–Trinajstić information content (AvgIpc) is 2.37. The largest absolute Gasteiger partial charge is 0.481 e. The van der Waals surface area contributed by atoms with E-state index in [1.165, 1.54) is 11.8 Å². The maximum absolute atomic E-state index is 6.97. The first-order valence-electron chi connectivity index (χ1n) is 5.57. The second-order valence-corrected chi connectivity index (χ2v) is 5.18. The fourth-order valence-corrected chi connectivity index (χ4v) is 2.23. The van der Waals surface area contributed by atoms with E-state index in [1.807, 2.05) is 0 Å². The molecule has 18 heavy (non-hydrogen) atoms. The molecule has 1 N–H and O–H groups in total. The summed E-state index contributed by atoms with van der Waals surface area (Å²) in [5.41, 5.74) is 6.97. The van der Waals surface area contributed by atoms with Gasteiger partial charge in [0.1, 0.15) is 0 Å². The van der Waals surface area contributed by atoms with Crippen LogP contribution in [0.3, 0.4) is 0 Å². The van der Waals surface area contributed by atoms with Crippen molar-refractivity contribution in [1.29, 1.82) is 5.53 Å². The van der Waals surface area contributed by atoms with Crippen LogP contribution in [0.4, 0.5) is 0 Å². The Balaban J connectivity index is 2.90. The van der Waals surface area contributed by atoms with Crippen LogP contribution in [-0.2, 0) is 0 Å². The highest BCUT2D eigenvalue weighted by Crippen LogP contribution is 2.28. The molecule has 1 aromatic heterocycles. The summed E-state index contributed by atoms with van der Waals surface area (Å²) < 4.78 is 10.2. The lowest BCUT2D eigenvalue weighted by Crippen LogP contribution is -2.15. The molecule has 0 radical (unpaired) electrons. The molecule has 7 heteroatoms. The Kier molecular flexibility index (Phi) is 5.84. The van der Waals surface area contributed by atoms with Crippen LogP contribution in [0.1, 0.15) is 13.8 Å². The molecule has 0 aliphatic rings. The molecule has 1 atom stereocenters. The highest BCUT2D eigenvalue weighted by atomic mass is 32.2. The normalized spacial score (nSPS) is 12.3. The van der Waals surface area contributed by atoms with Crippen molar-refractivity contribution < 1.29 is 9.47 Å². The standard InChI is InChI=1S/C11H18N4O2S/c1-7(2)8(6-13-12)18-11-14-9(16-3)5-10(15-11)17-4/h5,7-8,12H,6H2,1-4H3. The molecule has 0 amide bonds. The zero-order valence-corrected chi connectivity index (χ0v) is 11.8. The van der Waals surface area contributed by atoms with E-state index in [0.29, 0.717) is 29.4 Å². The lowest BCUT2D eigenvalue weighted by atomic mass is 10.1. The summed E-state index contributed by atoms with van der Waals surface area (Å²) in [6, 6.07) is 1.63. The van der Waals surface area contributed by atoms with Gasteiger partial charge in [-0.05, 0) is 5.92 Å². The fraction of sp³-hybridized carbons (Fsp3) is 0.636. The molecule has 0 saturated carbocycles. The second-order valence-electron chi connectivity index (χ2n) is 3.98. The van der Waals surface area contributed by atoms with Crippen LogP contribution in [-0.4, -0.2) is 36.0 Å². The minimum absolute atomic E-state index is 0.166. The van der Waals surface area contributed by atoms with Gasteiger partial charge >= 0.3 is 0 Å². The van der Waals surface area contributed by atoms with E-state index < -0.39 is 0 Å². The number of rotatable bonds is 7. The van der Waals surface area contributed by atoms with Gasteiger partial charge in [-0.2, -0.15) is 15.1 Å². The van der Waals surface area contributed by atoms with E-state index in [1.54, 1.807) is 20.3 Å². The zero-order chi connectivity index (χ0) is 13.5. The first-order chi connectivity index (χ1) is 8.60. The SMILES string of the molecule is COc1cc(OC)nc(SC(CN=N)C(C)C)n1. The zero-order valence-electron chi connectivity index (χ0n) is 11.0. The summed E-state index contributed by atoms with van der Waals surface area (Å²) in [5, 5.41) is 4.19. The van der Waals surface area contributed by atoms with E-state index >= 15 is 0 Å². The molecule has 0 aliphatic carbocycles. The number of aromatic nitrogens is 2. The minimum Gasteiger partial charge on any atom is -0.481 e. The van der Waals surface area contributed by atoms with Crippen molar-refractivity contribution in [2.45, 2.75) is 24.3 Å². The van der Waals surface area contributed by atoms with E-state index in [4.69, 9.17) is 15.0 Å². The molecule has 1 rings (SSSR count). The van der Waals surface area contributed by atoms with Gasteiger partial charge < -0.3 is 9.47 Å². The van der Waals surface area contributed by atoms with E-state index in [9.17, 15) is 0 Å². The molecule has 100 valence electrons. The van der Waals surface area contributed by atoms with Gasteiger partial charge in [-0.15, -0.1) is 0 Å². The van der Waals surface area contributed by atoms with Crippen molar-refractivity contribution in [3.63, 3.8) is 0 Å². The Labute approximate surface area is 111 Å². The quantitative estimate of drug-likeness (QED) is 0.468. The number of nitrogens with one attached hydrogen (secondary N) is 1. The number of thioether (sulfide) groups is 1. The van der Waals surface area contributed by atoms with Gasteiger partial charge in [0.2, 0.25) is 11.8 Å². The van der Waals surface area contributed by atoms with E-state index in [0.717, 1.165) is 0 Å². The predicted molar refractivity (Wildman–Crippen MR) is 69.6 cm³/mol. The molecule has 0 saturated heterocycles. The van der Waals surface area contributed by atoms with Crippen LogP contribution < -0.4 is 9.47 Å². The third kappa shape index (κ3) is 4.14. The Bertz CT molecular complexity index is 378. The van der Waals surface area contributed by atoms with Crippen LogP contribution in [0.5, 0.6) is 11.8 Å². The monoisotopic (exact) mass is 270 g/mol. The topological polar surface area (TPSA) is 80.5 Å². The molecule has 0 spiro atoms. The van der Waals surface area contributed by atoms with Crippen molar-refractivity contribution in [1.82, 2.24) is 9.97 Å². The Morgan fingerprint density at radius 3 is 2.22 bits per heavy atom. The number of hydrogen-bond donors (Lipinski definition) is 1. The highest BCUT2D eigenvalue weighted by Gasteiger charge is 2.17. The van der Waals surface area contributed by atoms with Gasteiger partial charge in [0.25, 0.3) is 0 Å². The van der Waals surface area contributed by atoms with Gasteiger partial charge in [0.15, 0.2) is 5.16 Å². The summed E-state index contributed by atoms with van der Waals surface area (Å²) in [6.45, 7) is 4.62. The molecule has 6 nitrogen and oxygen atoms in total. The number of ether oxygens (including phenoxy) is 2. The van der Waals surface area contributed by atoms with Crippen molar-refractivity contribution >= 4 is 11.8 Å². The molecule has 1 heterocycles. The lowest BCUT2D eigenvalue weighted by Gasteiger charge is -2.16. The number of nitrogens with zero attached hydrogens (tertiary/aromatic N) is 3. The van der Waals surface area contributed by atoms with E-state index in [-0.39, 0.29) is 5.25 Å². The fourth-order valence-electron chi connectivity index (χ4n) is 1.26. The first-order valence-corrected chi connectivity index (χ1v) is 6.45. The van der Waals surface area contributed by atoms with Crippen LogP contribution in [0.25, 0.3) is 0 Å². The first kappa shape index (κ1) is 14.7. The Morgan fingerprint density at radius 1 is 1.28 bits per heavy atom. The van der Waals surface area contributed by atoms with Gasteiger partial charge in [-0.3, -0.25) is 0 Å². The third-order valence-electron chi connectivity index (χ3n) is 2.35. The molecule has 1 aromatic rings. The van der Waals surface area contributed by atoms with Crippen molar-refractivity contribution in [3.8, 4) is 11.8 Å². The van der Waals surface area contributed by atoms with Crippen LogP contribution >= 0.6 is 11.8 Å². The summed E-state index contributed by atoms with van der Waals surface area (Å²) >= 11 is 1.48. The average molecular weight is 270 g/mol. The molecular formula is C11H18N4O2S. The van der Waals surface area contributed by atoms with Gasteiger partial charge in [-0.25, -0.2) is 5.53 Å². The van der Waals surface area contributed by atoms with Crippen molar-refractivity contribution in [3.05, 3.63) is 6.07 Å². The minimum atomic E-state index is 0.166. The van der Waals surface area contributed by atoms with Gasteiger partial charge in [0.05, 0.1) is 26.8 Å². The summed E-state index contributed by atoms with van der Waals surface area (Å²) in [4.78, 5) is 8.50. The van der Waals surface area contributed by atoms with Gasteiger partial charge in [-0.1, -0.05) is 25.6 Å². The molecule has 1 unspecified atom stereocenters. The van der Waals surface area contributed by atoms with Crippen LogP contribution in [0.2, 0.25) is 0 Å². The maximum Gasteiger partial charge on any atom is 0.220 e. The second kappa shape index (κ2) is 7.15. The van der Waals surface area contributed by atoms with Crippen molar-refractivity contribution in [2.24, 2.45) is 11.0 Å². The summed E-state index contributed by atoms with van der Waals surface area (Å²) in [5.74, 6) is 1.31. The smallest absolute Gasteiger partial charge is 0.220 e.